The van der Waals surface area contributed by atoms with Crippen LogP contribution in [0.2, 0.25) is 0 Å². The molecule has 12 heterocycles. The number of aromatic nitrogens is 3. The summed E-state index contributed by atoms with van der Waals surface area (Å²) in [5, 5.41) is 0. The number of fused-ring (bicyclic) bond motifs is 6. The van der Waals surface area contributed by atoms with Crippen LogP contribution < -0.4 is 19.6 Å². The van der Waals surface area contributed by atoms with Crippen molar-refractivity contribution in [2.75, 3.05) is 144 Å². The number of benzene rings is 4. The Kier molecular flexibility index (Phi) is 21.9. The molecule has 103 heavy (non-hydrogen) atoms. The summed E-state index contributed by atoms with van der Waals surface area (Å²) < 4.78 is 10.3. The fourth-order valence-corrected chi connectivity index (χ4v) is 19.2. The summed E-state index contributed by atoms with van der Waals surface area (Å²) in [5.41, 5.74) is 13.1. The first kappa shape index (κ1) is 71.5. The molecular formula is C83H107N13O7. The number of pyridine rings is 1. The molecule has 6 amide bonds. The van der Waals surface area contributed by atoms with Crippen LogP contribution in [-0.4, -0.2) is 217 Å². The van der Waals surface area contributed by atoms with Crippen molar-refractivity contribution in [3.05, 3.63) is 150 Å². The fourth-order valence-electron chi connectivity index (χ4n) is 19.2. The third-order valence-electron chi connectivity index (χ3n) is 25.0. The van der Waals surface area contributed by atoms with Gasteiger partial charge in [-0.15, -0.1) is 0 Å². The zero-order chi connectivity index (χ0) is 71.2. The van der Waals surface area contributed by atoms with E-state index < -0.39 is 0 Å². The van der Waals surface area contributed by atoms with Crippen LogP contribution in [-0.2, 0) is 35.3 Å². The summed E-state index contributed by atoms with van der Waals surface area (Å²) in [6.45, 7) is 25.8. The van der Waals surface area contributed by atoms with E-state index in [1.165, 1.54) is 28.7 Å². The quantitative estimate of drug-likeness (QED) is 0.141. The van der Waals surface area contributed by atoms with Crippen molar-refractivity contribution in [3.8, 4) is 22.4 Å². The van der Waals surface area contributed by atoms with E-state index in [0.717, 1.165) is 246 Å². The molecule has 0 radical (unpaired) electrons. The molecule has 7 fully saturated rings. The van der Waals surface area contributed by atoms with Crippen LogP contribution >= 0.6 is 0 Å². The molecule has 3 spiro atoms. The van der Waals surface area contributed by atoms with E-state index in [2.05, 4.69) is 137 Å². The van der Waals surface area contributed by atoms with Gasteiger partial charge in [0.1, 0.15) is 5.82 Å². The summed E-state index contributed by atoms with van der Waals surface area (Å²) in [7, 11) is 0. The number of piperidine rings is 7. The van der Waals surface area contributed by atoms with Crippen molar-refractivity contribution in [3.63, 3.8) is 0 Å². The number of amides is 6. The Morgan fingerprint density at radius 1 is 0.447 bits per heavy atom. The number of anilines is 4. The second-order valence-electron chi connectivity index (χ2n) is 30.7. The first-order valence-corrected chi connectivity index (χ1v) is 38.7. The number of para-hydroxylation sites is 3. The van der Waals surface area contributed by atoms with Crippen LogP contribution in [0.3, 0.4) is 0 Å². The summed E-state index contributed by atoms with van der Waals surface area (Å²) in [6.07, 6.45) is 23.4. The Balaban J connectivity index is 0.000000131. The maximum atomic E-state index is 13.4. The van der Waals surface area contributed by atoms with Gasteiger partial charge in [0, 0.05) is 155 Å². The number of carbonyl (C=O) groups excluding carboxylic acids is 5. The molecule has 0 saturated carbocycles. The number of urea groups is 1. The van der Waals surface area contributed by atoms with E-state index in [1.807, 2.05) is 70.4 Å². The highest BCUT2D eigenvalue weighted by atomic mass is 16.6. The SMILES string of the molecule is CC(=O)N1CC2(CCN(C3CCN(c4cncc(-c5ccccc5C)n4)CC3)CC2)c2ccccc21.CCOC(=O)N1CCC(N2CCC3(CC2)CN(C(=O)N2CCCCC2)c2ccccc23)CC1.CCOC(=O)N1CCC(N2CCC3(CC2)CN(C(C)=O)c2c(-c4ccncc4)cccc23)CC1. The van der Waals surface area contributed by atoms with E-state index >= 15 is 0 Å². The molecule has 0 bridgehead atoms. The Bertz CT molecular complexity index is 3950. The van der Waals surface area contributed by atoms with Gasteiger partial charge in [0.25, 0.3) is 0 Å². The molecule has 4 aromatic carbocycles. The first-order valence-electron chi connectivity index (χ1n) is 38.7. The lowest BCUT2D eigenvalue weighted by atomic mass is 9.73. The monoisotopic (exact) mass is 1400 g/mol. The van der Waals surface area contributed by atoms with Gasteiger partial charge in [-0.3, -0.25) is 24.5 Å². The predicted molar refractivity (Wildman–Crippen MR) is 405 cm³/mol. The van der Waals surface area contributed by atoms with Gasteiger partial charge in [0.2, 0.25) is 11.8 Å². The average molecular weight is 1400 g/mol. The van der Waals surface area contributed by atoms with E-state index in [0.29, 0.717) is 31.3 Å². The van der Waals surface area contributed by atoms with Gasteiger partial charge in [-0.2, -0.15) is 0 Å². The maximum Gasteiger partial charge on any atom is 0.409 e. The molecule has 10 aliphatic heterocycles. The van der Waals surface area contributed by atoms with Crippen LogP contribution in [0.5, 0.6) is 0 Å². The third kappa shape index (κ3) is 14.9. The molecular weight excluding hydrogens is 1290 g/mol. The molecule has 20 nitrogen and oxygen atoms in total. The van der Waals surface area contributed by atoms with Crippen molar-refractivity contribution in [1.82, 2.24) is 44.4 Å². The van der Waals surface area contributed by atoms with Gasteiger partial charge >= 0.3 is 18.2 Å². The largest absolute Gasteiger partial charge is 0.450 e. The number of ether oxygens (including phenoxy) is 2. The lowest BCUT2D eigenvalue weighted by molar-refractivity contribution is -0.117. The summed E-state index contributed by atoms with van der Waals surface area (Å²) >= 11 is 0. The third-order valence-corrected chi connectivity index (χ3v) is 25.0. The van der Waals surface area contributed by atoms with Crippen LogP contribution in [0.1, 0.15) is 146 Å². The number of rotatable bonds is 8. The highest BCUT2D eigenvalue weighted by molar-refractivity contribution is 6.00. The smallest absolute Gasteiger partial charge is 0.409 e. The Labute approximate surface area is 609 Å². The molecule has 0 aliphatic carbocycles. The van der Waals surface area contributed by atoms with Crippen molar-refractivity contribution in [2.45, 2.75) is 165 Å². The number of likely N-dealkylation sites (tertiary alicyclic amines) is 6. The number of hydrogen-bond donors (Lipinski definition) is 0. The van der Waals surface area contributed by atoms with E-state index in [9.17, 15) is 24.0 Å². The Morgan fingerprint density at radius 2 is 0.893 bits per heavy atom. The van der Waals surface area contributed by atoms with Gasteiger partial charge in [-0.25, -0.2) is 19.4 Å². The molecule has 20 heteroatoms. The highest BCUT2D eigenvalue weighted by Crippen LogP contribution is 2.53. The number of hydrogen-bond acceptors (Lipinski definition) is 14. The van der Waals surface area contributed by atoms with Crippen molar-refractivity contribution < 1.29 is 33.4 Å². The molecule has 10 aliphatic rings. The molecule has 0 N–H and O–H groups in total. The molecule has 0 unspecified atom stereocenters. The molecule has 546 valence electrons. The summed E-state index contributed by atoms with van der Waals surface area (Å²) in [6, 6.07) is 37.9. The zero-order valence-corrected chi connectivity index (χ0v) is 61.6. The summed E-state index contributed by atoms with van der Waals surface area (Å²) in [5.74, 6) is 1.25. The average Bonchev–Trinajstić information content (AvgIpc) is 1.60. The van der Waals surface area contributed by atoms with Gasteiger partial charge in [0.15, 0.2) is 0 Å². The van der Waals surface area contributed by atoms with Gasteiger partial charge in [-0.1, -0.05) is 78.9 Å². The Morgan fingerprint density at radius 3 is 1.41 bits per heavy atom. The van der Waals surface area contributed by atoms with E-state index in [1.54, 1.807) is 13.8 Å². The minimum atomic E-state index is -0.185. The normalized spacial score (nSPS) is 21.3. The number of carbonyl (C=O) groups is 5. The van der Waals surface area contributed by atoms with Gasteiger partial charge in [0.05, 0.1) is 37.0 Å². The van der Waals surface area contributed by atoms with Crippen LogP contribution in [0.25, 0.3) is 22.4 Å². The number of nitrogens with zero attached hydrogens (tertiary/aromatic N) is 13. The molecule has 7 saturated heterocycles. The lowest BCUT2D eigenvalue weighted by Gasteiger charge is -2.45. The van der Waals surface area contributed by atoms with Crippen molar-refractivity contribution in [1.29, 1.82) is 0 Å². The topological polar surface area (TPSA) is 175 Å². The van der Waals surface area contributed by atoms with Crippen LogP contribution in [0.4, 0.5) is 37.3 Å². The first-order chi connectivity index (χ1) is 50.2. The second-order valence-corrected chi connectivity index (χ2v) is 30.7. The Hall–Kier alpha value is -8.46. The van der Waals surface area contributed by atoms with Crippen LogP contribution in [0, 0.1) is 6.92 Å². The minimum absolute atomic E-state index is 0.00613. The van der Waals surface area contributed by atoms with Crippen molar-refractivity contribution in [2.24, 2.45) is 0 Å². The number of aryl methyl sites for hydroxylation is 1. The minimum Gasteiger partial charge on any atom is -0.450 e. The fraction of sp³-hybridized carbons (Fsp3) is 0.542. The van der Waals surface area contributed by atoms with E-state index in [4.69, 9.17) is 14.5 Å². The zero-order valence-electron chi connectivity index (χ0n) is 61.6. The summed E-state index contributed by atoms with van der Waals surface area (Å²) in [4.78, 5) is 98.3. The highest BCUT2D eigenvalue weighted by Gasteiger charge is 2.51. The van der Waals surface area contributed by atoms with Gasteiger partial charge in [-0.05, 0) is 208 Å². The van der Waals surface area contributed by atoms with Crippen molar-refractivity contribution >= 4 is 52.9 Å². The van der Waals surface area contributed by atoms with Gasteiger partial charge < -0.3 is 53.6 Å². The predicted octanol–water partition coefficient (Wildman–Crippen LogP) is 13.0. The van der Waals surface area contributed by atoms with Crippen LogP contribution in [0.15, 0.2) is 128 Å². The molecule has 16 rings (SSSR count). The lowest BCUT2D eigenvalue weighted by Crippen LogP contribution is -2.53. The second kappa shape index (κ2) is 31.5. The standard InChI is InChI=1S/C30H35N5O.C27H34N4O3.C26H38N4O3/c1-22-7-3-4-8-25(22)27-19-31-20-29(32-27)34-15-11-24(12-16-34)33-17-13-30(14-18-33)21-35(23(2)36)28-10-6-5-9-26(28)30;1-3-34-26(33)30-15-9-22(10-16-30)29-17-11-27(12-18-29)19-31(20(2)32)25-23(5-4-6-24(25)27)21-7-13-28-14-8-21;1-2-33-25(32)29-16-10-21(11-17-29)27-18-12-26(13-19-27)20-30(23-9-5-4-8-22(23)26)24(31)28-14-6-3-7-15-28/h3-10,19-20,24H,11-18,21H2,1-2H3;4-8,13-14,22H,3,9-12,15-19H2,1-2H3;4-5,8-9,21H,2-3,6-7,10-20H2,1H3. The van der Waals surface area contributed by atoms with E-state index in [-0.39, 0.29) is 46.3 Å². The maximum absolute atomic E-state index is 13.4. The molecule has 6 aromatic rings. The molecule has 2 aromatic heterocycles. The molecule has 0 atom stereocenters.